The number of nitrogens with zero attached hydrogens (tertiary/aromatic N) is 3. The number of carbonyl (C=O) groups excluding carboxylic acids is 1. The van der Waals surface area contributed by atoms with Gasteiger partial charge >= 0.3 is 0 Å². The van der Waals surface area contributed by atoms with Gasteiger partial charge in [-0.3, -0.25) is 9.78 Å². The molecule has 0 spiro atoms. The molecule has 146 valence electrons. The predicted molar refractivity (Wildman–Crippen MR) is 114 cm³/mol. The predicted octanol–water partition coefficient (Wildman–Crippen LogP) is 4.72. The third-order valence-electron chi connectivity index (χ3n) is 4.11. The molecule has 0 aliphatic heterocycles. The highest BCUT2D eigenvalue weighted by Gasteiger charge is 2.13. The van der Waals surface area contributed by atoms with Crippen molar-refractivity contribution in [3.63, 3.8) is 0 Å². The summed E-state index contributed by atoms with van der Waals surface area (Å²) in [5.74, 6) is 1.28. The van der Waals surface area contributed by atoms with Crippen LogP contribution in [-0.2, 0) is 12.3 Å². The first-order valence-corrected chi connectivity index (χ1v) is 10.8. The summed E-state index contributed by atoms with van der Waals surface area (Å²) in [6.07, 6.45) is 3.48. The van der Waals surface area contributed by atoms with Gasteiger partial charge in [0.2, 0.25) is 0 Å². The highest BCUT2D eigenvalue weighted by atomic mass is 32.2. The van der Waals surface area contributed by atoms with Gasteiger partial charge in [-0.25, -0.2) is 4.98 Å². The number of hydrogen-bond donors (Lipinski definition) is 1. The van der Waals surface area contributed by atoms with Crippen LogP contribution < -0.4 is 5.32 Å². The maximum Gasteiger partial charge on any atom is 0.252 e. The monoisotopic (exact) mass is 422 g/mol. The summed E-state index contributed by atoms with van der Waals surface area (Å²) < 4.78 is 5.25. The van der Waals surface area contributed by atoms with E-state index in [9.17, 15) is 4.79 Å². The van der Waals surface area contributed by atoms with E-state index < -0.39 is 0 Å². The standard InChI is InChI=1S/C21H18N4O2S2/c1-14-10-16(27-25-14)12-28-19-5-3-2-4-17(19)21(26)23-11-20-24-18(13-29-20)15-6-8-22-9-7-15/h2-10,13H,11-12H2,1H3,(H,23,26). The van der Waals surface area contributed by atoms with E-state index in [4.69, 9.17) is 4.52 Å². The maximum atomic E-state index is 12.7. The second-order valence-corrected chi connectivity index (χ2v) is 8.22. The topological polar surface area (TPSA) is 80.9 Å². The Morgan fingerprint density at radius 2 is 2.03 bits per heavy atom. The number of nitrogens with one attached hydrogen (secondary N) is 1. The molecular weight excluding hydrogens is 404 g/mol. The minimum absolute atomic E-state index is 0.123. The van der Waals surface area contributed by atoms with Gasteiger partial charge in [-0.05, 0) is 31.2 Å². The zero-order valence-corrected chi connectivity index (χ0v) is 17.3. The molecule has 4 aromatic rings. The first-order chi connectivity index (χ1) is 14.2. The lowest BCUT2D eigenvalue weighted by Gasteiger charge is -2.08. The fourth-order valence-electron chi connectivity index (χ4n) is 2.71. The van der Waals surface area contributed by atoms with E-state index in [1.54, 1.807) is 24.2 Å². The number of rotatable bonds is 7. The van der Waals surface area contributed by atoms with Crippen LogP contribution in [0.2, 0.25) is 0 Å². The van der Waals surface area contributed by atoms with Crippen molar-refractivity contribution in [2.75, 3.05) is 0 Å². The average Bonchev–Trinajstić information content (AvgIpc) is 3.40. The number of amides is 1. The first kappa shape index (κ1) is 19.4. The lowest BCUT2D eigenvalue weighted by atomic mass is 10.2. The molecule has 1 N–H and O–H groups in total. The van der Waals surface area contributed by atoms with Crippen molar-refractivity contribution < 1.29 is 9.32 Å². The van der Waals surface area contributed by atoms with Gasteiger partial charge in [0.25, 0.3) is 5.91 Å². The van der Waals surface area contributed by atoms with E-state index in [-0.39, 0.29) is 5.91 Å². The molecule has 0 bridgehead atoms. The summed E-state index contributed by atoms with van der Waals surface area (Å²) in [6, 6.07) is 13.3. The number of thioether (sulfide) groups is 1. The minimum atomic E-state index is -0.123. The molecule has 3 heterocycles. The molecule has 0 fully saturated rings. The highest BCUT2D eigenvalue weighted by Crippen LogP contribution is 2.27. The molecule has 8 heteroatoms. The molecule has 1 amide bonds. The highest BCUT2D eigenvalue weighted by molar-refractivity contribution is 7.98. The Kier molecular flexibility index (Phi) is 6.02. The van der Waals surface area contributed by atoms with Crippen LogP contribution >= 0.6 is 23.1 Å². The average molecular weight is 423 g/mol. The van der Waals surface area contributed by atoms with Crippen molar-refractivity contribution in [3.8, 4) is 11.3 Å². The summed E-state index contributed by atoms with van der Waals surface area (Å²) in [6.45, 7) is 2.27. The number of pyridine rings is 1. The molecule has 3 aromatic heterocycles. The number of benzene rings is 1. The Balaban J connectivity index is 1.39. The largest absolute Gasteiger partial charge is 0.360 e. The van der Waals surface area contributed by atoms with Crippen LogP contribution in [0.3, 0.4) is 0 Å². The van der Waals surface area contributed by atoms with Gasteiger partial charge in [0, 0.05) is 34.3 Å². The molecule has 0 atom stereocenters. The van der Waals surface area contributed by atoms with Gasteiger partial charge < -0.3 is 9.84 Å². The molecule has 0 aliphatic rings. The summed E-state index contributed by atoms with van der Waals surface area (Å²) in [5.41, 5.74) is 3.39. The Morgan fingerprint density at radius 3 is 2.83 bits per heavy atom. The van der Waals surface area contributed by atoms with Gasteiger partial charge in [0.05, 0.1) is 29.2 Å². The van der Waals surface area contributed by atoms with Crippen LogP contribution in [0.1, 0.15) is 26.8 Å². The smallest absolute Gasteiger partial charge is 0.252 e. The summed E-state index contributed by atoms with van der Waals surface area (Å²) >= 11 is 3.08. The molecule has 0 radical (unpaired) electrons. The lowest BCUT2D eigenvalue weighted by Crippen LogP contribution is -2.23. The molecule has 0 saturated carbocycles. The van der Waals surface area contributed by atoms with Crippen molar-refractivity contribution >= 4 is 29.0 Å². The number of thiazole rings is 1. The van der Waals surface area contributed by atoms with Crippen LogP contribution in [0.5, 0.6) is 0 Å². The lowest BCUT2D eigenvalue weighted by molar-refractivity contribution is 0.0948. The van der Waals surface area contributed by atoms with E-state index in [1.807, 2.05) is 54.8 Å². The Hall–Kier alpha value is -2.97. The maximum absolute atomic E-state index is 12.7. The summed E-state index contributed by atoms with van der Waals surface area (Å²) in [7, 11) is 0. The van der Waals surface area contributed by atoms with Crippen LogP contribution in [0, 0.1) is 6.92 Å². The Morgan fingerprint density at radius 1 is 1.21 bits per heavy atom. The zero-order chi connectivity index (χ0) is 20.1. The third kappa shape index (κ3) is 4.90. The Labute approximate surface area is 176 Å². The van der Waals surface area contributed by atoms with Crippen LogP contribution in [0.4, 0.5) is 0 Å². The van der Waals surface area contributed by atoms with E-state index >= 15 is 0 Å². The van der Waals surface area contributed by atoms with Gasteiger partial charge in [0.15, 0.2) is 0 Å². The van der Waals surface area contributed by atoms with E-state index in [0.29, 0.717) is 17.9 Å². The van der Waals surface area contributed by atoms with Gasteiger partial charge in [0.1, 0.15) is 10.8 Å². The van der Waals surface area contributed by atoms with Crippen molar-refractivity contribution in [3.05, 3.63) is 82.3 Å². The third-order valence-corrected chi connectivity index (χ3v) is 6.05. The SMILES string of the molecule is Cc1cc(CSc2ccccc2C(=O)NCc2nc(-c3ccncc3)cs2)on1. The van der Waals surface area contributed by atoms with Gasteiger partial charge in [-0.1, -0.05) is 17.3 Å². The number of hydrogen-bond acceptors (Lipinski definition) is 7. The van der Waals surface area contributed by atoms with Gasteiger partial charge in [-0.15, -0.1) is 23.1 Å². The van der Waals surface area contributed by atoms with Crippen molar-refractivity contribution in [1.82, 2.24) is 20.4 Å². The quantitative estimate of drug-likeness (QED) is 0.434. The van der Waals surface area contributed by atoms with Crippen molar-refractivity contribution in [1.29, 1.82) is 0 Å². The number of carbonyl (C=O) groups is 1. The Bertz CT molecular complexity index is 1110. The second-order valence-electron chi connectivity index (χ2n) is 6.26. The second kappa shape index (κ2) is 9.02. The fourth-order valence-corrected chi connectivity index (χ4v) is 4.38. The van der Waals surface area contributed by atoms with Crippen molar-refractivity contribution in [2.24, 2.45) is 0 Å². The molecule has 0 saturated heterocycles. The van der Waals surface area contributed by atoms with Crippen molar-refractivity contribution in [2.45, 2.75) is 24.1 Å². The number of aryl methyl sites for hydroxylation is 1. The molecule has 4 rings (SSSR count). The van der Waals surface area contributed by atoms with Crippen LogP contribution in [0.25, 0.3) is 11.3 Å². The van der Waals surface area contributed by atoms with E-state index in [2.05, 4.69) is 20.4 Å². The molecule has 0 aliphatic carbocycles. The normalized spacial score (nSPS) is 10.8. The zero-order valence-electron chi connectivity index (χ0n) is 15.7. The van der Waals surface area contributed by atoms with E-state index in [0.717, 1.165) is 32.6 Å². The van der Waals surface area contributed by atoms with E-state index in [1.165, 1.54) is 11.3 Å². The fraction of sp³-hybridized carbons (Fsp3) is 0.143. The molecular formula is C21H18N4O2S2. The van der Waals surface area contributed by atoms with Crippen LogP contribution in [-0.4, -0.2) is 21.0 Å². The summed E-state index contributed by atoms with van der Waals surface area (Å²) in [5, 5.41) is 9.71. The van der Waals surface area contributed by atoms with Crippen LogP contribution in [0.15, 0.2) is 69.7 Å². The first-order valence-electron chi connectivity index (χ1n) is 8.96. The molecule has 0 unspecified atom stereocenters. The van der Waals surface area contributed by atoms with Gasteiger partial charge in [-0.2, -0.15) is 0 Å². The molecule has 1 aromatic carbocycles. The minimum Gasteiger partial charge on any atom is -0.360 e. The molecule has 29 heavy (non-hydrogen) atoms. The number of aromatic nitrogens is 3. The molecule has 6 nitrogen and oxygen atoms in total. The summed E-state index contributed by atoms with van der Waals surface area (Å²) in [4.78, 5) is 22.3.